The highest BCUT2D eigenvalue weighted by Gasteiger charge is 2.11. The summed E-state index contributed by atoms with van der Waals surface area (Å²) in [6, 6.07) is 6.53. The molecule has 16 heavy (non-hydrogen) atoms. The minimum atomic E-state index is -3.27. The summed E-state index contributed by atoms with van der Waals surface area (Å²) in [4.78, 5) is 10.9. The summed E-state index contributed by atoms with van der Waals surface area (Å²) in [6.45, 7) is 1.70. The zero-order chi connectivity index (χ0) is 12.3. The van der Waals surface area contributed by atoms with Gasteiger partial charge in [0.25, 0.3) is 0 Å². The number of carbonyl (C=O) groups is 1. The van der Waals surface area contributed by atoms with E-state index in [1.54, 1.807) is 31.2 Å². The summed E-state index contributed by atoms with van der Waals surface area (Å²) in [5.74, 6) is -0.795. The van der Waals surface area contributed by atoms with Crippen LogP contribution in [0.15, 0.2) is 24.3 Å². The normalized spacial score (nSPS) is 13.1. The standard InChI is InChI=1S/C10H14N2O3S/c1-7(10(11)13)8-3-5-9(6-4-8)12-16(2,14)15/h3-7,12H,1-2H3,(H2,11,13)/t7-/m1/s1. The van der Waals surface area contributed by atoms with Gasteiger partial charge < -0.3 is 5.73 Å². The molecule has 0 radical (unpaired) electrons. The van der Waals surface area contributed by atoms with Gasteiger partial charge in [-0.1, -0.05) is 12.1 Å². The van der Waals surface area contributed by atoms with Gasteiger partial charge in [-0.05, 0) is 24.6 Å². The summed E-state index contributed by atoms with van der Waals surface area (Å²) < 4.78 is 24.2. The molecule has 0 saturated heterocycles. The van der Waals surface area contributed by atoms with Crippen molar-refractivity contribution in [3.8, 4) is 0 Å². The van der Waals surface area contributed by atoms with Crippen LogP contribution in [0.25, 0.3) is 0 Å². The van der Waals surface area contributed by atoms with Crippen molar-refractivity contribution in [1.29, 1.82) is 0 Å². The lowest BCUT2D eigenvalue weighted by molar-refractivity contribution is -0.119. The van der Waals surface area contributed by atoms with Crippen LogP contribution in [0.3, 0.4) is 0 Å². The maximum atomic E-state index is 10.9. The van der Waals surface area contributed by atoms with Crippen LogP contribution >= 0.6 is 0 Å². The Kier molecular flexibility index (Phi) is 3.54. The third kappa shape index (κ3) is 3.54. The third-order valence-electron chi connectivity index (χ3n) is 2.14. The van der Waals surface area contributed by atoms with Crippen molar-refractivity contribution in [2.75, 3.05) is 11.0 Å². The van der Waals surface area contributed by atoms with E-state index in [1.165, 1.54) is 0 Å². The molecule has 0 unspecified atom stereocenters. The number of nitrogens with one attached hydrogen (secondary N) is 1. The summed E-state index contributed by atoms with van der Waals surface area (Å²) >= 11 is 0. The Morgan fingerprint density at radius 2 is 1.81 bits per heavy atom. The molecule has 5 nitrogen and oxygen atoms in total. The smallest absolute Gasteiger partial charge is 0.229 e. The first kappa shape index (κ1) is 12.5. The van der Waals surface area contributed by atoms with E-state index in [9.17, 15) is 13.2 Å². The summed E-state index contributed by atoms with van der Waals surface area (Å²) in [5.41, 5.74) is 6.37. The highest BCUT2D eigenvalue weighted by molar-refractivity contribution is 7.92. The second kappa shape index (κ2) is 4.52. The third-order valence-corrected chi connectivity index (χ3v) is 2.75. The van der Waals surface area contributed by atoms with E-state index in [0.717, 1.165) is 11.8 Å². The van der Waals surface area contributed by atoms with E-state index in [2.05, 4.69) is 4.72 Å². The van der Waals surface area contributed by atoms with Crippen LogP contribution in [0.5, 0.6) is 0 Å². The van der Waals surface area contributed by atoms with Crippen molar-refractivity contribution >= 4 is 21.6 Å². The van der Waals surface area contributed by atoms with E-state index >= 15 is 0 Å². The van der Waals surface area contributed by atoms with Gasteiger partial charge in [-0.25, -0.2) is 8.42 Å². The van der Waals surface area contributed by atoms with Crippen molar-refractivity contribution in [1.82, 2.24) is 0 Å². The summed E-state index contributed by atoms with van der Waals surface area (Å²) in [5, 5.41) is 0. The molecule has 1 atom stereocenters. The SMILES string of the molecule is C[C@@H](C(N)=O)c1ccc(NS(C)(=O)=O)cc1. The Hall–Kier alpha value is -1.56. The Morgan fingerprint density at radius 1 is 1.31 bits per heavy atom. The van der Waals surface area contributed by atoms with Crippen molar-refractivity contribution in [3.05, 3.63) is 29.8 Å². The van der Waals surface area contributed by atoms with E-state index in [0.29, 0.717) is 5.69 Å². The number of hydrogen-bond acceptors (Lipinski definition) is 3. The molecule has 0 saturated carbocycles. The lowest BCUT2D eigenvalue weighted by atomic mass is 10.0. The van der Waals surface area contributed by atoms with Crippen molar-refractivity contribution in [3.63, 3.8) is 0 Å². The molecule has 1 aromatic rings. The molecule has 0 aliphatic heterocycles. The molecule has 0 aliphatic carbocycles. The molecule has 1 rings (SSSR count). The molecule has 0 fully saturated rings. The number of sulfonamides is 1. The van der Waals surface area contributed by atoms with Crippen LogP contribution in [0, 0.1) is 0 Å². The quantitative estimate of drug-likeness (QED) is 0.812. The topological polar surface area (TPSA) is 89.3 Å². The first-order chi connectivity index (χ1) is 7.29. The van der Waals surface area contributed by atoms with Crippen LogP contribution in [-0.2, 0) is 14.8 Å². The molecule has 1 amide bonds. The predicted molar refractivity (Wildman–Crippen MR) is 62.5 cm³/mol. The van der Waals surface area contributed by atoms with Gasteiger partial charge in [0.15, 0.2) is 0 Å². The van der Waals surface area contributed by atoms with Gasteiger partial charge in [0.2, 0.25) is 15.9 Å². The van der Waals surface area contributed by atoms with Crippen LogP contribution in [0.2, 0.25) is 0 Å². The van der Waals surface area contributed by atoms with Crippen molar-refractivity contribution in [2.24, 2.45) is 5.73 Å². The highest BCUT2D eigenvalue weighted by atomic mass is 32.2. The number of primary amides is 1. The predicted octanol–water partition coefficient (Wildman–Crippen LogP) is 0.647. The Bertz CT molecular complexity index is 479. The first-order valence-electron chi connectivity index (χ1n) is 4.66. The Balaban J connectivity index is 2.87. The Morgan fingerprint density at radius 3 is 2.19 bits per heavy atom. The number of rotatable bonds is 4. The zero-order valence-corrected chi connectivity index (χ0v) is 9.91. The number of amides is 1. The number of anilines is 1. The van der Waals surface area contributed by atoms with Crippen LogP contribution in [-0.4, -0.2) is 20.6 Å². The summed E-state index contributed by atoms with van der Waals surface area (Å²) in [6.07, 6.45) is 1.08. The van der Waals surface area contributed by atoms with Gasteiger partial charge in [-0.3, -0.25) is 9.52 Å². The van der Waals surface area contributed by atoms with Crippen molar-refractivity contribution in [2.45, 2.75) is 12.8 Å². The minimum Gasteiger partial charge on any atom is -0.369 e. The number of hydrogen-bond donors (Lipinski definition) is 2. The molecule has 3 N–H and O–H groups in total. The molecule has 0 aliphatic rings. The van der Waals surface area contributed by atoms with Gasteiger partial charge in [-0.15, -0.1) is 0 Å². The van der Waals surface area contributed by atoms with Gasteiger partial charge in [0.1, 0.15) is 0 Å². The molecule has 88 valence electrons. The monoisotopic (exact) mass is 242 g/mol. The molecular weight excluding hydrogens is 228 g/mol. The molecular formula is C10H14N2O3S. The lowest BCUT2D eigenvalue weighted by Crippen LogP contribution is -2.18. The number of carbonyl (C=O) groups excluding carboxylic acids is 1. The van der Waals surface area contributed by atoms with E-state index < -0.39 is 15.9 Å². The van der Waals surface area contributed by atoms with Gasteiger partial charge in [-0.2, -0.15) is 0 Å². The van der Waals surface area contributed by atoms with E-state index in [-0.39, 0.29) is 5.92 Å². The minimum absolute atomic E-state index is 0.382. The largest absolute Gasteiger partial charge is 0.369 e. The fourth-order valence-corrected chi connectivity index (χ4v) is 1.78. The number of benzene rings is 1. The average Bonchev–Trinajstić information content (AvgIpc) is 2.15. The van der Waals surface area contributed by atoms with Crippen LogP contribution in [0.4, 0.5) is 5.69 Å². The Labute approximate surface area is 94.7 Å². The molecule has 1 aromatic carbocycles. The molecule has 0 bridgehead atoms. The second-order valence-electron chi connectivity index (χ2n) is 3.62. The van der Waals surface area contributed by atoms with Crippen LogP contribution in [0.1, 0.15) is 18.4 Å². The highest BCUT2D eigenvalue weighted by Crippen LogP contribution is 2.17. The second-order valence-corrected chi connectivity index (χ2v) is 5.37. The van der Waals surface area contributed by atoms with Crippen molar-refractivity contribution < 1.29 is 13.2 Å². The van der Waals surface area contributed by atoms with Crippen LogP contribution < -0.4 is 10.5 Å². The van der Waals surface area contributed by atoms with Gasteiger partial charge in [0.05, 0.1) is 12.2 Å². The summed E-state index contributed by atoms with van der Waals surface area (Å²) in [7, 11) is -3.27. The number of nitrogens with two attached hydrogens (primary N) is 1. The zero-order valence-electron chi connectivity index (χ0n) is 9.10. The van der Waals surface area contributed by atoms with Gasteiger partial charge in [0, 0.05) is 5.69 Å². The average molecular weight is 242 g/mol. The maximum absolute atomic E-state index is 10.9. The fourth-order valence-electron chi connectivity index (χ4n) is 1.22. The first-order valence-corrected chi connectivity index (χ1v) is 6.56. The fraction of sp³-hybridized carbons (Fsp3) is 0.300. The lowest BCUT2D eigenvalue weighted by Gasteiger charge is -2.09. The molecule has 6 heteroatoms. The maximum Gasteiger partial charge on any atom is 0.229 e. The molecule has 0 spiro atoms. The van der Waals surface area contributed by atoms with Gasteiger partial charge >= 0.3 is 0 Å². The van der Waals surface area contributed by atoms with E-state index in [4.69, 9.17) is 5.73 Å². The molecule has 0 heterocycles. The van der Waals surface area contributed by atoms with E-state index in [1.807, 2.05) is 0 Å². The molecule has 0 aromatic heterocycles.